The number of nitro groups is 1. The number of carbonyl (C=O) groups excluding carboxylic acids is 1. The highest BCUT2D eigenvalue weighted by atomic mass is 35.5. The highest BCUT2D eigenvalue weighted by Crippen LogP contribution is 2.39. The summed E-state index contributed by atoms with van der Waals surface area (Å²) in [6, 6.07) is 4.84. The van der Waals surface area contributed by atoms with Crippen LogP contribution in [0.3, 0.4) is 0 Å². The third kappa shape index (κ3) is 7.21. The minimum Gasteiger partial charge on any atom is -0.455 e. The van der Waals surface area contributed by atoms with Crippen molar-refractivity contribution in [3.8, 4) is 11.5 Å². The van der Waals surface area contributed by atoms with E-state index in [4.69, 9.17) is 20.9 Å². The van der Waals surface area contributed by atoms with Crippen LogP contribution in [0.1, 0.15) is 38.8 Å². The van der Waals surface area contributed by atoms with E-state index in [-0.39, 0.29) is 39.3 Å². The van der Waals surface area contributed by atoms with E-state index in [1.165, 1.54) is 6.07 Å². The maximum absolute atomic E-state index is 12.9. The Morgan fingerprint density at radius 2 is 1.82 bits per heavy atom. The second-order valence-corrected chi connectivity index (χ2v) is 10.8. The molecule has 0 radical (unpaired) electrons. The number of ether oxygens (including phenoxy) is 1. The van der Waals surface area contributed by atoms with Crippen LogP contribution in [0.2, 0.25) is 5.02 Å². The molecule has 0 saturated heterocycles. The van der Waals surface area contributed by atoms with E-state index in [1.54, 1.807) is 27.7 Å². The van der Waals surface area contributed by atoms with Crippen LogP contribution in [0.25, 0.3) is 0 Å². The molecule has 0 aliphatic rings. The lowest BCUT2D eigenvalue weighted by Crippen LogP contribution is -2.17. The van der Waals surface area contributed by atoms with Crippen molar-refractivity contribution in [3.63, 3.8) is 0 Å². The number of nitrogens with zero attached hydrogens (tertiary/aromatic N) is 1. The maximum atomic E-state index is 12.9. The fourth-order valence-corrected chi connectivity index (χ4v) is 4.81. The predicted molar refractivity (Wildman–Crippen MR) is 126 cm³/mol. The number of halogens is 4. The van der Waals surface area contributed by atoms with E-state index in [9.17, 15) is 32.6 Å². The van der Waals surface area contributed by atoms with E-state index >= 15 is 0 Å². The first-order valence-electron chi connectivity index (χ1n) is 9.85. The molecular weight excluding hydrogens is 518 g/mol. The standard InChI is InChI=1S/C21H22ClF3NO6PS/c1-5-12-8-15(26(28)29)18(33(30)31-11-34-19(27)20(2,3)4)10-17(12)32-16-7-6-13(9-14(16)22)21(23,24)25/h6-10,33H,5,11H2,1-4H3. The molecule has 13 heteroatoms. The molecular formula is C21H22ClF3NO6PS. The predicted octanol–water partition coefficient (Wildman–Crippen LogP) is 7.00. The Morgan fingerprint density at radius 3 is 2.32 bits per heavy atom. The van der Waals surface area contributed by atoms with Crippen molar-refractivity contribution in [2.75, 3.05) is 5.94 Å². The Bertz CT molecular complexity index is 1120. The number of alkyl halides is 3. The average Bonchev–Trinajstić information content (AvgIpc) is 2.72. The summed E-state index contributed by atoms with van der Waals surface area (Å²) in [6.07, 6.45) is -4.33. The molecule has 0 aromatic heterocycles. The number of rotatable bonds is 8. The maximum Gasteiger partial charge on any atom is 0.416 e. The van der Waals surface area contributed by atoms with Gasteiger partial charge in [0.2, 0.25) is 8.03 Å². The number of hydrogen-bond donors (Lipinski definition) is 0. The largest absolute Gasteiger partial charge is 0.455 e. The summed E-state index contributed by atoms with van der Waals surface area (Å²) in [5.41, 5.74) is -1.73. The van der Waals surface area contributed by atoms with Crippen LogP contribution in [0.5, 0.6) is 11.5 Å². The van der Waals surface area contributed by atoms with Crippen molar-refractivity contribution in [2.24, 2.45) is 5.41 Å². The lowest BCUT2D eigenvalue weighted by molar-refractivity contribution is -0.383. The molecule has 2 aromatic rings. The molecule has 34 heavy (non-hydrogen) atoms. The summed E-state index contributed by atoms with van der Waals surface area (Å²) in [5, 5.41) is 10.8. The fraction of sp³-hybridized carbons (Fsp3) is 0.381. The van der Waals surface area contributed by atoms with Gasteiger partial charge in [-0.2, -0.15) is 13.2 Å². The number of thioether (sulfide) groups is 1. The van der Waals surface area contributed by atoms with Crippen LogP contribution in [0.15, 0.2) is 30.3 Å². The Labute approximate surface area is 204 Å². The van der Waals surface area contributed by atoms with Gasteiger partial charge in [-0.05, 0) is 24.6 Å². The summed E-state index contributed by atoms with van der Waals surface area (Å²) in [7, 11) is -3.18. The van der Waals surface area contributed by atoms with Gasteiger partial charge in [0.1, 0.15) is 22.7 Å². The zero-order chi connectivity index (χ0) is 25.8. The molecule has 0 N–H and O–H groups in total. The van der Waals surface area contributed by atoms with E-state index in [1.807, 2.05) is 0 Å². The SMILES string of the molecule is CCc1cc([N+](=O)[O-])c([PH](=O)OCSC(=O)C(C)(C)C)cc1Oc1ccc(C(F)(F)F)cc1Cl. The minimum absolute atomic E-state index is 0.0325. The van der Waals surface area contributed by atoms with Gasteiger partial charge in [-0.15, -0.1) is 0 Å². The summed E-state index contributed by atoms with van der Waals surface area (Å²) in [5.74, 6) is -0.358. The van der Waals surface area contributed by atoms with Crippen molar-refractivity contribution >= 4 is 47.5 Å². The third-order valence-electron chi connectivity index (χ3n) is 4.45. The lowest BCUT2D eigenvalue weighted by Gasteiger charge is -2.16. The summed E-state index contributed by atoms with van der Waals surface area (Å²) in [4.78, 5) is 22.8. The van der Waals surface area contributed by atoms with Crippen LogP contribution in [-0.2, 0) is 26.5 Å². The molecule has 0 spiro atoms. The second kappa shape index (κ2) is 11.1. The molecule has 1 atom stereocenters. The smallest absolute Gasteiger partial charge is 0.416 e. The number of hydrogen-bond acceptors (Lipinski definition) is 7. The van der Waals surface area contributed by atoms with Crippen LogP contribution in [0.4, 0.5) is 18.9 Å². The van der Waals surface area contributed by atoms with Crippen molar-refractivity contribution in [3.05, 3.63) is 56.6 Å². The zero-order valence-electron chi connectivity index (χ0n) is 18.6. The highest BCUT2D eigenvalue weighted by molar-refractivity contribution is 8.13. The number of carbonyl (C=O) groups is 1. The van der Waals surface area contributed by atoms with E-state index in [0.29, 0.717) is 11.6 Å². The van der Waals surface area contributed by atoms with Crippen LogP contribution < -0.4 is 10.0 Å². The summed E-state index contributed by atoms with van der Waals surface area (Å²) < 4.78 is 62.3. The summed E-state index contributed by atoms with van der Waals surface area (Å²) in [6.45, 7) is 6.80. The van der Waals surface area contributed by atoms with Gasteiger partial charge in [0, 0.05) is 23.1 Å². The van der Waals surface area contributed by atoms with Crippen molar-refractivity contribution in [1.82, 2.24) is 0 Å². The average molecular weight is 540 g/mol. The highest BCUT2D eigenvalue weighted by Gasteiger charge is 2.31. The molecule has 0 aliphatic carbocycles. The van der Waals surface area contributed by atoms with Gasteiger partial charge in [0.05, 0.1) is 15.5 Å². The Kier molecular flexibility index (Phi) is 9.21. The number of benzene rings is 2. The fourth-order valence-electron chi connectivity index (χ4n) is 2.61. The molecule has 7 nitrogen and oxygen atoms in total. The van der Waals surface area contributed by atoms with E-state index < -0.39 is 35.8 Å². The summed E-state index contributed by atoms with van der Waals surface area (Å²) >= 11 is 6.75. The first-order valence-corrected chi connectivity index (χ1v) is 12.5. The molecule has 1 unspecified atom stereocenters. The van der Waals surface area contributed by atoms with E-state index in [0.717, 1.165) is 30.0 Å². The zero-order valence-corrected chi connectivity index (χ0v) is 21.2. The van der Waals surface area contributed by atoms with Gasteiger partial charge in [-0.1, -0.05) is 51.1 Å². The molecule has 186 valence electrons. The molecule has 0 amide bonds. The Hall–Kier alpha value is -2.07. The van der Waals surface area contributed by atoms with E-state index in [2.05, 4.69) is 0 Å². The van der Waals surface area contributed by atoms with Crippen molar-refractivity contribution in [2.45, 2.75) is 40.3 Å². The molecule has 0 saturated carbocycles. The van der Waals surface area contributed by atoms with Crippen LogP contribution >= 0.6 is 31.4 Å². The first-order chi connectivity index (χ1) is 15.6. The molecule has 0 aliphatic heterocycles. The van der Waals surface area contributed by atoms with Gasteiger partial charge in [-0.3, -0.25) is 19.5 Å². The minimum atomic E-state index is -4.60. The normalized spacial score (nSPS) is 12.9. The molecule has 0 bridgehead atoms. The number of aryl methyl sites for hydroxylation is 1. The molecule has 2 rings (SSSR count). The second-order valence-electron chi connectivity index (χ2n) is 8.06. The Balaban J connectivity index is 2.37. The third-order valence-corrected chi connectivity index (χ3v) is 7.31. The molecule has 2 aromatic carbocycles. The topological polar surface area (TPSA) is 95.7 Å². The van der Waals surface area contributed by atoms with Crippen molar-refractivity contribution in [1.29, 1.82) is 0 Å². The van der Waals surface area contributed by atoms with Crippen LogP contribution in [0, 0.1) is 15.5 Å². The molecule has 0 fully saturated rings. The molecule has 0 heterocycles. The monoisotopic (exact) mass is 539 g/mol. The first kappa shape index (κ1) is 28.2. The Morgan fingerprint density at radius 1 is 1.18 bits per heavy atom. The van der Waals surface area contributed by atoms with Gasteiger partial charge in [0.15, 0.2) is 5.12 Å². The number of nitro benzene ring substituents is 1. The van der Waals surface area contributed by atoms with Crippen LogP contribution in [-0.4, -0.2) is 16.0 Å². The van der Waals surface area contributed by atoms with Gasteiger partial charge in [0.25, 0.3) is 5.69 Å². The van der Waals surface area contributed by atoms with Gasteiger partial charge in [-0.25, -0.2) is 0 Å². The van der Waals surface area contributed by atoms with Crippen molar-refractivity contribution < 1.29 is 36.7 Å². The van der Waals surface area contributed by atoms with Gasteiger partial charge >= 0.3 is 6.18 Å². The quantitative estimate of drug-likeness (QED) is 0.154. The lowest BCUT2D eigenvalue weighted by atomic mass is 10.00. The van der Waals surface area contributed by atoms with Gasteiger partial charge < -0.3 is 9.26 Å².